The zero-order valence-electron chi connectivity index (χ0n) is 13.1. The standard InChI is InChI=1S/C15H24N4O3/c1-11-17-18-14-5-4-12(9-19(11)14)16-15(20)6-8-21-10-13-3-2-7-22-13/h12-13H,2-10H2,1H3,(H,16,20)/t12-,13+/m1/s1. The molecular formula is C15H24N4O3. The van der Waals surface area contributed by atoms with E-state index in [-0.39, 0.29) is 18.1 Å². The van der Waals surface area contributed by atoms with Crippen LogP contribution >= 0.6 is 0 Å². The lowest BCUT2D eigenvalue weighted by Gasteiger charge is -2.25. The van der Waals surface area contributed by atoms with Gasteiger partial charge in [-0.25, -0.2) is 0 Å². The van der Waals surface area contributed by atoms with Crippen molar-refractivity contribution >= 4 is 5.91 Å². The van der Waals surface area contributed by atoms with Gasteiger partial charge in [0, 0.05) is 32.0 Å². The summed E-state index contributed by atoms with van der Waals surface area (Å²) in [7, 11) is 0. The number of carbonyl (C=O) groups is 1. The molecule has 0 aliphatic carbocycles. The van der Waals surface area contributed by atoms with E-state index < -0.39 is 0 Å². The average molecular weight is 308 g/mol. The molecule has 7 heteroatoms. The molecule has 3 heterocycles. The van der Waals surface area contributed by atoms with Crippen molar-refractivity contribution in [2.75, 3.05) is 19.8 Å². The van der Waals surface area contributed by atoms with E-state index in [4.69, 9.17) is 9.47 Å². The molecule has 0 radical (unpaired) electrons. The molecule has 0 bridgehead atoms. The Morgan fingerprint density at radius 2 is 2.36 bits per heavy atom. The minimum Gasteiger partial charge on any atom is -0.378 e. The van der Waals surface area contributed by atoms with Crippen LogP contribution in [0, 0.1) is 6.92 Å². The predicted octanol–water partition coefficient (Wildman–Crippen LogP) is 0.603. The Hall–Kier alpha value is -1.47. The van der Waals surface area contributed by atoms with E-state index in [0.717, 1.165) is 50.5 Å². The molecule has 1 amide bonds. The molecule has 7 nitrogen and oxygen atoms in total. The number of nitrogens with zero attached hydrogens (tertiary/aromatic N) is 3. The zero-order valence-corrected chi connectivity index (χ0v) is 13.1. The Labute approximate surface area is 130 Å². The van der Waals surface area contributed by atoms with E-state index in [1.54, 1.807) is 0 Å². The Balaban J connectivity index is 1.34. The van der Waals surface area contributed by atoms with E-state index in [1.807, 2.05) is 6.92 Å². The number of nitrogens with one attached hydrogen (secondary N) is 1. The van der Waals surface area contributed by atoms with Crippen LogP contribution in [-0.2, 0) is 27.2 Å². The van der Waals surface area contributed by atoms with Crippen molar-refractivity contribution in [3.8, 4) is 0 Å². The number of aromatic nitrogens is 3. The van der Waals surface area contributed by atoms with E-state index in [0.29, 0.717) is 19.6 Å². The topological polar surface area (TPSA) is 78.3 Å². The Morgan fingerprint density at radius 3 is 3.18 bits per heavy atom. The summed E-state index contributed by atoms with van der Waals surface area (Å²) in [4.78, 5) is 12.0. The van der Waals surface area contributed by atoms with Gasteiger partial charge >= 0.3 is 0 Å². The van der Waals surface area contributed by atoms with Crippen LogP contribution < -0.4 is 5.32 Å². The normalized spacial score (nSPS) is 24.2. The molecule has 0 saturated carbocycles. The van der Waals surface area contributed by atoms with Crippen molar-refractivity contribution in [2.45, 2.75) is 57.7 Å². The smallest absolute Gasteiger partial charge is 0.222 e. The molecule has 1 N–H and O–H groups in total. The second-order valence-electron chi connectivity index (χ2n) is 6.04. The van der Waals surface area contributed by atoms with Gasteiger partial charge in [-0.2, -0.15) is 0 Å². The average Bonchev–Trinajstić information content (AvgIpc) is 3.14. The molecule has 2 atom stereocenters. The van der Waals surface area contributed by atoms with Gasteiger partial charge in [0.25, 0.3) is 0 Å². The number of amides is 1. The van der Waals surface area contributed by atoms with Gasteiger partial charge < -0.3 is 19.4 Å². The number of fused-ring (bicyclic) bond motifs is 1. The molecule has 122 valence electrons. The highest BCUT2D eigenvalue weighted by atomic mass is 16.5. The third-order valence-electron chi connectivity index (χ3n) is 4.30. The summed E-state index contributed by atoms with van der Waals surface area (Å²) >= 11 is 0. The number of aryl methyl sites for hydroxylation is 2. The van der Waals surface area contributed by atoms with Crippen molar-refractivity contribution in [2.24, 2.45) is 0 Å². The van der Waals surface area contributed by atoms with Gasteiger partial charge in [-0.1, -0.05) is 0 Å². The van der Waals surface area contributed by atoms with Gasteiger partial charge in [-0.15, -0.1) is 10.2 Å². The number of carbonyl (C=O) groups excluding carboxylic acids is 1. The SMILES string of the molecule is Cc1nnc2n1C[C@H](NC(=O)CCOC[C@@H]1CCCO1)CC2. The van der Waals surface area contributed by atoms with Crippen LogP contribution in [0.25, 0.3) is 0 Å². The highest BCUT2D eigenvalue weighted by molar-refractivity contribution is 5.76. The Bertz CT molecular complexity index is 511. The molecule has 1 aromatic heterocycles. The second-order valence-corrected chi connectivity index (χ2v) is 6.04. The number of ether oxygens (including phenoxy) is 2. The van der Waals surface area contributed by atoms with E-state index >= 15 is 0 Å². The van der Waals surface area contributed by atoms with E-state index in [1.165, 1.54) is 0 Å². The van der Waals surface area contributed by atoms with Crippen LogP contribution in [-0.4, -0.2) is 52.6 Å². The summed E-state index contributed by atoms with van der Waals surface area (Å²) in [6.07, 6.45) is 4.57. The Kier molecular flexibility index (Phi) is 5.04. The molecule has 3 rings (SSSR count). The van der Waals surface area contributed by atoms with Crippen molar-refractivity contribution < 1.29 is 14.3 Å². The molecule has 1 fully saturated rings. The molecule has 1 aromatic rings. The molecule has 0 aromatic carbocycles. The van der Waals surface area contributed by atoms with Crippen LogP contribution in [0.15, 0.2) is 0 Å². The molecule has 2 aliphatic rings. The van der Waals surface area contributed by atoms with Crippen molar-refractivity contribution in [1.82, 2.24) is 20.1 Å². The molecule has 0 spiro atoms. The maximum absolute atomic E-state index is 12.0. The van der Waals surface area contributed by atoms with Crippen molar-refractivity contribution in [3.63, 3.8) is 0 Å². The summed E-state index contributed by atoms with van der Waals surface area (Å²) in [5, 5.41) is 11.3. The minimum absolute atomic E-state index is 0.0477. The van der Waals surface area contributed by atoms with Crippen molar-refractivity contribution in [1.29, 1.82) is 0 Å². The van der Waals surface area contributed by atoms with Gasteiger partial charge in [0.05, 0.1) is 19.3 Å². The number of hydrogen-bond donors (Lipinski definition) is 1. The first-order valence-electron chi connectivity index (χ1n) is 8.10. The lowest BCUT2D eigenvalue weighted by Crippen LogP contribution is -2.41. The number of rotatable bonds is 6. The first-order chi connectivity index (χ1) is 10.7. The van der Waals surface area contributed by atoms with Gasteiger partial charge in [-0.05, 0) is 26.2 Å². The summed E-state index contributed by atoms with van der Waals surface area (Å²) in [5.74, 6) is 1.98. The van der Waals surface area contributed by atoms with Gasteiger partial charge in [0.15, 0.2) is 0 Å². The molecular weight excluding hydrogens is 284 g/mol. The highest BCUT2D eigenvalue weighted by Crippen LogP contribution is 2.15. The van der Waals surface area contributed by atoms with Crippen LogP contribution in [0.4, 0.5) is 0 Å². The lowest BCUT2D eigenvalue weighted by molar-refractivity contribution is -0.123. The fraction of sp³-hybridized carbons (Fsp3) is 0.800. The summed E-state index contributed by atoms with van der Waals surface area (Å²) < 4.78 is 13.1. The summed E-state index contributed by atoms with van der Waals surface area (Å²) in [6, 6.07) is 0.160. The third kappa shape index (κ3) is 3.84. The van der Waals surface area contributed by atoms with Crippen LogP contribution in [0.5, 0.6) is 0 Å². The monoisotopic (exact) mass is 308 g/mol. The van der Waals surface area contributed by atoms with Gasteiger partial charge in [0.1, 0.15) is 11.6 Å². The lowest BCUT2D eigenvalue weighted by atomic mass is 10.1. The van der Waals surface area contributed by atoms with Gasteiger partial charge in [-0.3, -0.25) is 4.79 Å². The first-order valence-corrected chi connectivity index (χ1v) is 8.10. The van der Waals surface area contributed by atoms with E-state index in [9.17, 15) is 4.79 Å². The summed E-state index contributed by atoms with van der Waals surface area (Å²) in [6.45, 7) is 4.59. The van der Waals surface area contributed by atoms with E-state index in [2.05, 4.69) is 20.1 Å². The fourth-order valence-corrected chi connectivity index (χ4v) is 3.04. The van der Waals surface area contributed by atoms with Crippen LogP contribution in [0.1, 0.15) is 37.3 Å². The maximum atomic E-state index is 12.0. The number of hydrogen-bond acceptors (Lipinski definition) is 5. The summed E-state index contributed by atoms with van der Waals surface area (Å²) in [5.41, 5.74) is 0. The molecule has 22 heavy (non-hydrogen) atoms. The quantitative estimate of drug-likeness (QED) is 0.779. The maximum Gasteiger partial charge on any atom is 0.222 e. The highest BCUT2D eigenvalue weighted by Gasteiger charge is 2.22. The predicted molar refractivity (Wildman–Crippen MR) is 79.4 cm³/mol. The fourth-order valence-electron chi connectivity index (χ4n) is 3.04. The molecule has 0 unspecified atom stereocenters. The molecule has 2 aliphatic heterocycles. The van der Waals surface area contributed by atoms with Gasteiger partial charge in [0.2, 0.25) is 5.91 Å². The largest absolute Gasteiger partial charge is 0.378 e. The first kappa shape index (κ1) is 15.4. The van der Waals surface area contributed by atoms with Crippen LogP contribution in [0.3, 0.4) is 0 Å². The Morgan fingerprint density at radius 1 is 1.45 bits per heavy atom. The molecule has 1 saturated heterocycles. The third-order valence-corrected chi connectivity index (χ3v) is 4.30. The van der Waals surface area contributed by atoms with Crippen LogP contribution in [0.2, 0.25) is 0 Å². The zero-order chi connectivity index (χ0) is 15.4. The van der Waals surface area contributed by atoms with Crippen molar-refractivity contribution in [3.05, 3.63) is 11.6 Å². The minimum atomic E-state index is 0.0477. The second kappa shape index (κ2) is 7.19.